The molecular weight excluding hydrogens is 199 g/mol. The number of hydrogen-bond acceptors (Lipinski definition) is 2. The fraction of sp³-hybridized carbons (Fsp3) is 0.455. The second kappa shape index (κ2) is 5.25. The van der Waals surface area contributed by atoms with Crippen molar-refractivity contribution in [2.75, 3.05) is 12.9 Å². The van der Waals surface area contributed by atoms with Gasteiger partial charge in [0.05, 0.1) is 7.11 Å². The van der Waals surface area contributed by atoms with Crippen LogP contribution in [0.4, 0.5) is 4.39 Å². The van der Waals surface area contributed by atoms with E-state index in [4.69, 9.17) is 4.74 Å². The molecule has 0 atom stereocenters. The highest BCUT2D eigenvalue weighted by atomic mass is 32.1. The molecule has 0 aliphatic carbocycles. The zero-order chi connectivity index (χ0) is 10.6. The van der Waals surface area contributed by atoms with Crippen LogP contribution in [-0.2, 0) is 6.42 Å². The molecule has 0 aliphatic rings. The molecule has 0 fully saturated rings. The van der Waals surface area contributed by atoms with Crippen molar-refractivity contribution in [3.05, 3.63) is 29.1 Å². The summed E-state index contributed by atoms with van der Waals surface area (Å²) in [5.74, 6) is 1.41. The van der Waals surface area contributed by atoms with Crippen molar-refractivity contribution in [2.24, 2.45) is 0 Å². The lowest BCUT2D eigenvalue weighted by atomic mass is 10.1. The van der Waals surface area contributed by atoms with E-state index < -0.39 is 0 Å². The maximum Gasteiger partial charge on any atom is 0.126 e. The lowest BCUT2D eigenvalue weighted by Gasteiger charge is -2.09. The van der Waals surface area contributed by atoms with Crippen molar-refractivity contribution in [3.63, 3.8) is 0 Å². The molecule has 0 heterocycles. The van der Waals surface area contributed by atoms with Crippen molar-refractivity contribution in [1.82, 2.24) is 0 Å². The van der Waals surface area contributed by atoms with Crippen LogP contribution in [-0.4, -0.2) is 12.9 Å². The molecule has 1 rings (SSSR count). The SMILES string of the molecule is COc1cc(C)c(F)cc1CCCS. The van der Waals surface area contributed by atoms with Gasteiger partial charge in [-0.1, -0.05) is 0 Å². The summed E-state index contributed by atoms with van der Waals surface area (Å²) in [4.78, 5) is 0. The third-order valence-corrected chi connectivity index (χ3v) is 2.48. The molecule has 0 bridgehead atoms. The molecule has 78 valence electrons. The molecule has 0 saturated carbocycles. The van der Waals surface area contributed by atoms with Gasteiger partial charge in [0.15, 0.2) is 0 Å². The van der Waals surface area contributed by atoms with Gasteiger partial charge in [-0.2, -0.15) is 12.6 Å². The molecule has 0 saturated heterocycles. The molecule has 1 nitrogen and oxygen atoms in total. The van der Waals surface area contributed by atoms with Gasteiger partial charge in [-0.3, -0.25) is 0 Å². The van der Waals surface area contributed by atoms with E-state index in [1.807, 2.05) is 0 Å². The highest BCUT2D eigenvalue weighted by Crippen LogP contribution is 2.23. The average Bonchev–Trinajstić information content (AvgIpc) is 2.19. The van der Waals surface area contributed by atoms with Gasteiger partial charge in [0, 0.05) is 0 Å². The molecule has 1 aromatic rings. The Morgan fingerprint density at radius 3 is 2.71 bits per heavy atom. The minimum absolute atomic E-state index is 0.167. The van der Waals surface area contributed by atoms with Crippen molar-refractivity contribution in [1.29, 1.82) is 0 Å². The number of ether oxygens (including phenoxy) is 1. The van der Waals surface area contributed by atoms with Crippen molar-refractivity contribution in [2.45, 2.75) is 19.8 Å². The summed E-state index contributed by atoms with van der Waals surface area (Å²) in [5, 5.41) is 0. The minimum atomic E-state index is -0.167. The fourth-order valence-corrected chi connectivity index (χ4v) is 1.51. The van der Waals surface area contributed by atoms with Crippen LogP contribution in [0.15, 0.2) is 12.1 Å². The first kappa shape index (κ1) is 11.4. The van der Waals surface area contributed by atoms with E-state index in [0.29, 0.717) is 5.56 Å². The Kier molecular flexibility index (Phi) is 4.26. The number of methoxy groups -OCH3 is 1. The fourth-order valence-electron chi connectivity index (χ4n) is 1.35. The van der Waals surface area contributed by atoms with Crippen LogP contribution in [0.2, 0.25) is 0 Å². The molecule has 0 spiro atoms. The lowest BCUT2D eigenvalue weighted by Crippen LogP contribution is -1.96. The Hall–Kier alpha value is -0.700. The van der Waals surface area contributed by atoms with E-state index in [1.54, 1.807) is 26.2 Å². The average molecular weight is 214 g/mol. The quantitative estimate of drug-likeness (QED) is 0.758. The Labute approximate surface area is 89.7 Å². The third kappa shape index (κ3) is 2.64. The predicted molar refractivity (Wildman–Crippen MR) is 59.9 cm³/mol. The standard InChI is InChI=1S/C11H15FOS/c1-8-6-11(13-2)9(4-3-5-14)7-10(8)12/h6-7,14H,3-5H2,1-2H3. The highest BCUT2D eigenvalue weighted by molar-refractivity contribution is 7.80. The third-order valence-electron chi connectivity index (χ3n) is 2.17. The monoisotopic (exact) mass is 214 g/mol. The second-order valence-corrected chi connectivity index (χ2v) is 3.69. The molecule has 1 aromatic carbocycles. The molecule has 0 radical (unpaired) electrons. The van der Waals surface area contributed by atoms with E-state index in [2.05, 4.69) is 12.6 Å². The molecule has 0 N–H and O–H groups in total. The van der Waals surface area contributed by atoms with Crippen LogP contribution >= 0.6 is 12.6 Å². The summed E-state index contributed by atoms with van der Waals surface area (Å²) in [6, 6.07) is 3.29. The van der Waals surface area contributed by atoms with E-state index in [1.165, 1.54) is 0 Å². The molecule has 0 amide bonds. The Morgan fingerprint density at radius 1 is 1.43 bits per heavy atom. The topological polar surface area (TPSA) is 9.23 Å². The minimum Gasteiger partial charge on any atom is -0.496 e. The van der Waals surface area contributed by atoms with Crippen LogP contribution in [0.5, 0.6) is 5.75 Å². The maximum atomic E-state index is 13.2. The van der Waals surface area contributed by atoms with E-state index >= 15 is 0 Å². The number of aryl methyl sites for hydroxylation is 2. The largest absolute Gasteiger partial charge is 0.496 e. The number of rotatable bonds is 4. The summed E-state index contributed by atoms with van der Waals surface area (Å²) in [5.41, 5.74) is 1.54. The maximum absolute atomic E-state index is 13.2. The first-order valence-electron chi connectivity index (χ1n) is 4.63. The highest BCUT2D eigenvalue weighted by Gasteiger charge is 2.07. The molecule has 14 heavy (non-hydrogen) atoms. The molecule has 0 aromatic heterocycles. The molecule has 3 heteroatoms. The van der Waals surface area contributed by atoms with Crippen LogP contribution in [0.25, 0.3) is 0 Å². The van der Waals surface area contributed by atoms with Crippen molar-refractivity contribution < 1.29 is 9.13 Å². The zero-order valence-corrected chi connectivity index (χ0v) is 9.40. The Morgan fingerprint density at radius 2 is 2.14 bits per heavy atom. The number of halogens is 1. The van der Waals surface area contributed by atoms with Gasteiger partial charge in [0.2, 0.25) is 0 Å². The molecule has 0 aliphatic heterocycles. The Bertz CT molecular complexity index is 312. The number of benzene rings is 1. The summed E-state index contributed by atoms with van der Waals surface area (Å²) in [7, 11) is 1.61. The van der Waals surface area contributed by atoms with Gasteiger partial charge < -0.3 is 4.74 Å². The van der Waals surface area contributed by atoms with Crippen LogP contribution in [0, 0.1) is 12.7 Å². The van der Waals surface area contributed by atoms with Gasteiger partial charge in [-0.25, -0.2) is 4.39 Å². The normalized spacial score (nSPS) is 10.3. The number of hydrogen-bond donors (Lipinski definition) is 1. The zero-order valence-electron chi connectivity index (χ0n) is 8.51. The van der Waals surface area contributed by atoms with Crippen molar-refractivity contribution in [3.8, 4) is 5.75 Å². The van der Waals surface area contributed by atoms with E-state index in [9.17, 15) is 4.39 Å². The Balaban J connectivity index is 2.95. The van der Waals surface area contributed by atoms with Gasteiger partial charge in [-0.05, 0) is 48.8 Å². The summed E-state index contributed by atoms with van der Waals surface area (Å²) >= 11 is 4.13. The van der Waals surface area contributed by atoms with Gasteiger partial charge in [0.25, 0.3) is 0 Å². The molecule has 0 unspecified atom stereocenters. The van der Waals surface area contributed by atoms with E-state index in [0.717, 1.165) is 29.9 Å². The van der Waals surface area contributed by atoms with Gasteiger partial charge in [0.1, 0.15) is 11.6 Å². The first-order chi connectivity index (χ1) is 6.69. The second-order valence-electron chi connectivity index (χ2n) is 3.24. The smallest absolute Gasteiger partial charge is 0.126 e. The van der Waals surface area contributed by atoms with Gasteiger partial charge in [-0.15, -0.1) is 0 Å². The predicted octanol–water partition coefficient (Wildman–Crippen LogP) is 3.01. The molecular formula is C11H15FOS. The summed E-state index contributed by atoms with van der Waals surface area (Å²) in [6.07, 6.45) is 1.74. The van der Waals surface area contributed by atoms with Crippen LogP contribution in [0.1, 0.15) is 17.5 Å². The lowest BCUT2D eigenvalue weighted by molar-refractivity contribution is 0.407. The van der Waals surface area contributed by atoms with Crippen LogP contribution < -0.4 is 4.74 Å². The van der Waals surface area contributed by atoms with E-state index in [-0.39, 0.29) is 5.82 Å². The summed E-state index contributed by atoms with van der Waals surface area (Å²) in [6.45, 7) is 1.74. The first-order valence-corrected chi connectivity index (χ1v) is 5.26. The van der Waals surface area contributed by atoms with Gasteiger partial charge >= 0.3 is 0 Å². The van der Waals surface area contributed by atoms with Crippen molar-refractivity contribution >= 4 is 12.6 Å². The summed E-state index contributed by atoms with van der Waals surface area (Å²) < 4.78 is 18.4. The van der Waals surface area contributed by atoms with Crippen LogP contribution in [0.3, 0.4) is 0 Å². The number of thiol groups is 1.